The fourth-order valence-electron chi connectivity index (χ4n) is 3.61. The van der Waals surface area contributed by atoms with Crippen LogP contribution in [0.3, 0.4) is 0 Å². The highest BCUT2D eigenvalue weighted by atomic mass is 16.6. The van der Waals surface area contributed by atoms with Crippen molar-refractivity contribution in [2.24, 2.45) is 0 Å². The summed E-state index contributed by atoms with van der Waals surface area (Å²) in [6.07, 6.45) is 6.26. The predicted octanol–water partition coefficient (Wildman–Crippen LogP) is 1.50. The second-order valence-corrected chi connectivity index (χ2v) is 7.81. The summed E-state index contributed by atoms with van der Waals surface area (Å²) in [5.41, 5.74) is 1.36. The third-order valence-corrected chi connectivity index (χ3v) is 5.46. The maximum Gasteiger partial charge on any atom is 0.306 e. The van der Waals surface area contributed by atoms with Crippen LogP contribution in [0.15, 0.2) is 55.1 Å². The number of carbonyl (C=O) groups excluding carboxylic acids is 2. The molecule has 1 aliphatic heterocycles. The number of nitrogens with one attached hydrogen (secondary N) is 1. The van der Waals surface area contributed by atoms with E-state index in [0.717, 1.165) is 11.8 Å². The largest absolute Gasteiger partial charge is 0.339 e. The first-order chi connectivity index (χ1) is 16.5. The molecule has 176 valence electrons. The summed E-state index contributed by atoms with van der Waals surface area (Å²) in [4.78, 5) is 47.4. The number of rotatable bonds is 8. The van der Waals surface area contributed by atoms with Gasteiger partial charge in [0.05, 0.1) is 11.3 Å². The molecule has 34 heavy (non-hydrogen) atoms. The summed E-state index contributed by atoms with van der Waals surface area (Å²) in [5, 5.41) is 17.3. The Morgan fingerprint density at radius 1 is 1.06 bits per heavy atom. The van der Waals surface area contributed by atoms with Crippen LogP contribution in [0.1, 0.15) is 12.0 Å². The van der Waals surface area contributed by atoms with Crippen LogP contribution < -0.4 is 10.2 Å². The number of benzene rings is 1. The Kier molecular flexibility index (Phi) is 7.06. The van der Waals surface area contributed by atoms with E-state index in [1.807, 2.05) is 17.0 Å². The number of aryl methyl sites for hydroxylation is 1. The van der Waals surface area contributed by atoms with Gasteiger partial charge in [0.1, 0.15) is 12.4 Å². The van der Waals surface area contributed by atoms with Crippen molar-refractivity contribution < 1.29 is 14.5 Å². The van der Waals surface area contributed by atoms with Crippen LogP contribution in [-0.4, -0.2) is 67.6 Å². The van der Waals surface area contributed by atoms with Gasteiger partial charge < -0.3 is 15.1 Å². The topological polar surface area (TPSA) is 139 Å². The van der Waals surface area contributed by atoms with Crippen molar-refractivity contribution in [2.45, 2.75) is 19.4 Å². The lowest BCUT2D eigenvalue weighted by Gasteiger charge is -2.34. The van der Waals surface area contributed by atoms with E-state index in [1.165, 1.54) is 10.9 Å². The van der Waals surface area contributed by atoms with Crippen LogP contribution in [0.4, 0.5) is 17.3 Å². The molecule has 0 aliphatic carbocycles. The molecule has 0 radical (unpaired) electrons. The van der Waals surface area contributed by atoms with Gasteiger partial charge in [-0.1, -0.05) is 12.1 Å². The fraction of sp³-hybridized carbons (Fsp3) is 0.318. The number of amides is 2. The summed E-state index contributed by atoms with van der Waals surface area (Å²) in [5.74, 6) is 0.499. The molecular formula is C22H24N8O4. The van der Waals surface area contributed by atoms with Crippen LogP contribution in [-0.2, 0) is 22.6 Å². The van der Waals surface area contributed by atoms with Gasteiger partial charge in [-0.2, -0.15) is 5.10 Å². The van der Waals surface area contributed by atoms with E-state index in [9.17, 15) is 19.7 Å². The molecule has 0 saturated carbocycles. The van der Waals surface area contributed by atoms with Crippen molar-refractivity contribution in [1.82, 2.24) is 24.6 Å². The van der Waals surface area contributed by atoms with Gasteiger partial charge in [0.15, 0.2) is 0 Å². The van der Waals surface area contributed by atoms with Gasteiger partial charge in [0.25, 0.3) is 0 Å². The molecule has 0 unspecified atom stereocenters. The molecule has 1 aromatic carbocycles. The Bertz CT molecular complexity index is 1140. The number of nitrogens with zero attached hydrogens (tertiary/aromatic N) is 7. The molecule has 4 rings (SSSR count). The molecule has 1 fully saturated rings. The van der Waals surface area contributed by atoms with E-state index < -0.39 is 4.92 Å². The molecular weight excluding hydrogens is 440 g/mol. The Hall–Kier alpha value is -4.35. The molecule has 12 nitrogen and oxygen atoms in total. The predicted molar refractivity (Wildman–Crippen MR) is 123 cm³/mol. The van der Waals surface area contributed by atoms with Crippen LogP contribution in [0.2, 0.25) is 0 Å². The molecule has 3 heterocycles. The lowest BCUT2D eigenvalue weighted by atomic mass is 10.1. The molecule has 12 heteroatoms. The van der Waals surface area contributed by atoms with Crippen LogP contribution in [0.25, 0.3) is 0 Å². The molecule has 2 amide bonds. The number of hydrogen-bond donors (Lipinski definition) is 1. The lowest BCUT2D eigenvalue weighted by molar-refractivity contribution is -0.385. The third kappa shape index (κ3) is 5.91. The van der Waals surface area contributed by atoms with E-state index in [-0.39, 0.29) is 36.9 Å². The van der Waals surface area contributed by atoms with Crippen LogP contribution in [0.5, 0.6) is 0 Å². The molecule has 1 aliphatic rings. The highest BCUT2D eigenvalue weighted by Crippen LogP contribution is 2.14. The molecule has 1 saturated heterocycles. The molecule has 0 spiro atoms. The number of carbonyl (C=O) groups is 2. The zero-order valence-corrected chi connectivity index (χ0v) is 18.4. The standard InChI is InChI=1S/C22H24N8O4/c31-20(6-9-29-16-19(15-25-29)30(33)34)26-18-4-2-17(3-5-18)14-21(32)27-10-12-28(13-11-27)22-23-7-1-8-24-22/h1-5,7-8,15-16H,6,9-14H2,(H,26,31). The average Bonchev–Trinajstić information content (AvgIpc) is 3.34. The van der Waals surface area contributed by atoms with Gasteiger partial charge in [-0.3, -0.25) is 24.4 Å². The summed E-state index contributed by atoms with van der Waals surface area (Å²) in [6.45, 7) is 2.84. The van der Waals surface area contributed by atoms with Gasteiger partial charge in [0, 0.05) is 57.2 Å². The summed E-state index contributed by atoms with van der Waals surface area (Å²) in [7, 11) is 0. The van der Waals surface area contributed by atoms with Crippen molar-refractivity contribution in [2.75, 3.05) is 36.4 Å². The summed E-state index contributed by atoms with van der Waals surface area (Å²) >= 11 is 0. The quantitative estimate of drug-likeness (QED) is 0.391. The Morgan fingerprint density at radius 2 is 1.76 bits per heavy atom. The van der Waals surface area contributed by atoms with Crippen LogP contribution in [0, 0.1) is 10.1 Å². The number of aromatic nitrogens is 4. The molecule has 0 bridgehead atoms. The molecule has 2 aromatic heterocycles. The normalized spacial score (nSPS) is 13.5. The number of anilines is 2. The van der Waals surface area contributed by atoms with Crippen molar-refractivity contribution in [3.05, 3.63) is 70.8 Å². The minimum Gasteiger partial charge on any atom is -0.339 e. The van der Waals surface area contributed by atoms with Crippen molar-refractivity contribution >= 4 is 29.1 Å². The Labute approximate surface area is 195 Å². The second kappa shape index (κ2) is 10.5. The first-order valence-electron chi connectivity index (χ1n) is 10.8. The van der Waals surface area contributed by atoms with Gasteiger partial charge in [-0.15, -0.1) is 0 Å². The number of piperazine rings is 1. The monoisotopic (exact) mass is 464 g/mol. The summed E-state index contributed by atoms with van der Waals surface area (Å²) in [6, 6.07) is 8.92. The first-order valence-corrected chi connectivity index (χ1v) is 10.8. The zero-order chi connectivity index (χ0) is 23.9. The Balaban J connectivity index is 1.21. The fourth-order valence-corrected chi connectivity index (χ4v) is 3.61. The van der Waals surface area contributed by atoms with Crippen LogP contribution >= 0.6 is 0 Å². The van der Waals surface area contributed by atoms with Crippen molar-refractivity contribution in [3.63, 3.8) is 0 Å². The van der Waals surface area contributed by atoms with E-state index in [2.05, 4.69) is 25.3 Å². The second-order valence-electron chi connectivity index (χ2n) is 7.81. The smallest absolute Gasteiger partial charge is 0.306 e. The average molecular weight is 464 g/mol. The SMILES string of the molecule is O=C(CCn1cc([N+](=O)[O-])cn1)Nc1ccc(CC(=O)N2CCN(c3ncccn3)CC2)cc1. The Morgan fingerprint density at radius 3 is 2.41 bits per heavy atom. The van der Waals surface area contributed by atoms with E-state index >= 15 is 0 Å². The van der Waals surface area contributed by atoms with E-state index in [1.54, 1.807) is 30.6 Å². The van der Waals surface area contributed by atoms with Crippen molar-refractivity contribution in [3.8, 4) is 0 Å². The molecule has 0 atom stereocenters. The van der Waals surface area contributed by atoms with Gasteiger partial charge in [-0.25, -0.2) is 9.97 Å². The summed E-state index contributed by atoms with van der Waals surface area (Å²) < 4.78 is 1.36. The minimum absolute atomic E-state index is 0.0544. The highest BCUT2D eigenvalue weighted by Gasteiger charge is 2.22. The van der Waals surface area contributed by atoms with E-state index in [0.29, 0.717) is 37.8 Å². The number of hydrogen-bond acceptors (Lipinski definition) is 8. The molecule has 1 N–H and O–H groups in total. The first kappa shape index (κ1) is 22.8. The van der Waals surface area contributed by atoms with Gasteiger partial charge in [0.2, 0.25) is 17.8 Å². The van der Waals surface area contributed by atoms with Gasteiger partial charge >= 0.3 is 5.69 Å². The maximum atomic E-state index is 12.7. The maximum absolute atomic E-state index is 12.7. The highest BCUT2D eigenvalue weighted by molar-refractivity contribution is 5.90. The van der Waals surface area contributed by atoms with Crippen molar-refractivity contribution in [1.29, 1.82) is 0 Å². The van der Waals surface area contributed by atoms with E-state index in [4.69, 9.17) is 0 Å². The third-order valence-electron chi connectivity index (χ3n) is 5.46. The zero-order valence-electron chi connectivity index (χ0n) is 18.4. The van der Waals surface area contributed by atoms with Gasteiger partial charge in [-0.05, 0) is 23.8 Å². The minimum atomic E-state index is -0.532. The molecule has 3 aromatic rings. The number of nitro groups is 1. The lowest BCUT2D eigenvalue weighted by Crippen LogP contribution is -2.49.